The molecule has 0 saturated carbocycles. The van der Waals surface area contributed by atoms with Crippen LogP contribution in [0.5, 0.6) is 0 Å². The number of ether oxygens (including phenoxy) is 2. The van der Waals surface area contributed by atoms with Crippen LogP contribution in [-0.4, -0.2) is 70.9 Å². The molecule has 0 aromatic rings. The van der Waals surface area contributed by atoms with Crippen molar-refractivity contribution in [1.29, 1.82) is 0 Å². The summed E-state index contributed by atoms with van der Waals surface area (Å²) < 4.78 is 184. The van der Waals surface area contributed by atoms with Crippen LogP contribution in [0.3, 0.4) is 0 Å². The lowest BCUT2D eigenvalue weighted by Crippen LogP contribution is -2.70. The zero-order valence-corrected chi connectivity index (χ0v) is 22.4. The molecule has 42 heavy (non-hydrogen) atoms. The van der Waals surface area contributed by atoms with E-state index in [0.717, 1.165) is 0 Å². The third-order valence-corrected chi connectivity index (χ3v) is 8.01. The predicted octanol–water partition coefficient (Wildman–Crippen LogP) is 7.39. The summed E-state index contributed by atoms with van der Waals surface area (Å²) in [6.45, 7) is 1.52. The number of hydrogen-bond acceptors (Lipinski definition) is 8. The Morgan fingerprint density at radius 3 is 1.93 bits per heavy atom. The number of hydrogen-bond donors (Lipinski definition) is 1. The number of rotatable bonds is 16. The van der Waals surface area contributed by atoms with Crippen molar-refractivity contribution >= 4 is 24.0 Å². The largest absolute Gasteiger partial charge is 0.465 e. The summed E-state index contributed by atoms with van der Waals surface area (Å²) in [4.78, 5) is 25.2. The van der Waals surface area contributed by atoms with E-state index in [1.807, 2.05) is 0 Å². The molecule has 0 bridgehead atoms. The summed E-state index contributed by atoms with van der Waals surface area (Å²) in [5, 5.41) is 12.1. The quantitative estimate of drug-likeness (QED) is 0.0455. The molecular weight excluding hydrogens is 643 g/mol. The number of unbranched alkanes of at least 4 members (excludes halogenated alkanes) is 1. The topological polar surface area (TPSA) is 91.3 Å². The van der Waals surface area contributed by atoms with Crippen LogP contribution in [0, 0.1) is 5.41 Å². The minimum absolute atomic E-state index is 0.0556. The van der Waals surface area contributed by atoms with Gasteiger partial charge in [0, 0.05) is 11.8 Å². The van der Waals surface area contributed by atoms with Crippen LogP contribution >= 0.6 is 12.0 Å². The van der Waals surface area contributed by atoms with Gasteiger partial charge >= 0.3 is 47.7 Å². The van der Waals surface area contributed by atoms with Crippen LogP contribution in [0.4, 0.5) is 57.1 Å². The Morgan fingerprint density at radius 2 is 1.45 bits per heavy atom. The van der Waals surface area contributed by atoms with Crippen LogP contribution in [-0.2, 0) is 28.4 Å². The van der Waals surface area contributed by atoms with Gasteiger partial charge in [-0.15, -0.1) is 4.33 Å². The maximum atomic E-state index is 14.0. The first-order valence-corrected chi connectivity index (χ1v) is 12.6. The van der Waals surface area contributed by atoms with Crippen molar-refractivity contribution in [2.45, 2.75) is 99.3 Å². The third kappa shape index (κ3) is 6.52. The van der Waals surface area contributed by atoms with Gasteiger partial charge in [0.05, 0.1) is 31.7 Å². The fourth-order valence-corrected chi connectivity index (χ4v) is 5.11. The Bertz CT molecular complexity index is 948. The highest BCUT2D eigenvalue weighted by molar-refractivity contribution is 7.96. The van der Waals surface area contributed by atoms with E-state index in [4.69, 9.17) is 14.7 Å². The Morgan fingerprint density at radius 1 is 0.905 bits per heavy atom. The molecule has 1 heterocycles. The molecule has 0 aromatic carbocycles. The highest BCUT2D eigenvalue weighted by Crippen LogP contribution is 2.61. The molecule has 248 valence electrons. The van der Waals surface area contributed by atoms with E-state index in [9.17, 15) is 66.7 Å². The van der Waals surface area contributed by atoms with Crippen molar-refractivity contribution in [3.63, 3.8) is 0 Å². The second kappa shape index (κ2) is 13.1. The van der Waals surface area contributed by atoms with Crippen molar-refractivity contribution in [2.75, 3.05) is 13.2 Å². The van der Waals surface area contributed by atoms with E-state index in [-0.39, 0.29) is 24.9 Å². The van der Waals surface area contributed by atoms with Gasteiger partial charge < -0.3 is 9.47 Å². The van der Waals surface area contributed by atoms with Crippen LogP contribution in [0.25, 0.3) is 0 Å². The monoisotopic (exact) mass is 668 g/mol. The fourth-order valence-electron chi connectivity index (χ4n) is 4.18. The van der Waals surface area contributed by atoms with Gasteiger partial charge in [-0.3, -0.25) is 9.59 Å². The molecule has 1 aliphatic rings. The lowest BCUT2D eigenvalue weighted by Gasteiger charge is -2.48. The van der Waals surface area contributed by atoms with Crippen molar-refractivity contribution in [3.8, 4) is 0 Å². The van der Waals surface area contributed by atoms with E-state index >= 15 is 0 Å². The van der Waals surface area contributed by atoms with Gasteiger partial charge in [-0.1, -0.05) is 31.7 Å². The molecule has 2 unspecified atom stereocenters. The predicted molar refractivity (Wildman–Crippen MR) is 114 cm³/mol. The first-order chi connectivity index (χ1) is 18.9. The van der Waals surface area contributed by atoms with Crippen molar-refractivity contribution in [2.24, 2.45) is 5.41 Å². The molecule has 7 nitrogen and oxygen atoms in total. The summed E-state index contributed by atoms with van der Waals surface area (Å²) in [6.07, 6.45) is -11.3. The minimum atomic E-state index is -8.02. The Balaban J connectivity index is 3.20. The Hall–Kier alpha value is -1.74. The first-order valence-electron chi connectivity index (χ1n) is 11.9. The van der Waals surface area contributed by atoms with Crippen LogP contribution in [0.2, 0.25) is 0 Å². The van der Waals surface area contributed by atoms with E-state index in [1.165, 1.54) is 6.92 Å². The summed E-state index contributed by atoms with van der Waals surface area (Å²) >= 11 is 0.0556. The zero-order valence-electron chi connectivity index (χ0n) is 21.6. The SMILES string of the molecule is CCCCC1(CC)COC(=O)CC1(SOOO)C(=O)OCCCC(F)(F)C(F)(F)C(F)(F)C(F)(F)C(F)(F)C(F)(F)F. The lowest BCUT2D eigenvalue weighted by molar-refractivity contribution is -0.440. The minimum Gasteiger partial charge on any atom is -0.465 e. The molecule has 0 spiro atoms. The molecule has 2 atom stereocenters. The maximum Gasteiger partial charge on any atom is 0.460 e. The van der Waals surface area contributed by atoms with Crippen LogP contribution < -0.4 is 0 Å². The van der Waals surface area contributed by atoms with E-state index in [0.29, 0.717) is 12.8 Å². The van der Waals surface area contributed by atoms with E-state index in [2.05, 4.69) is 9.37 Å². The van der Waals surface area contributed by atoms with Gasteiger partial charge in [0.2, 0.25) is 0 Å². The number of halogens is 13. The number of carbonyl (C=O) groups excluding carboxylic acids is 2. The molecule has 0 amide bonds. The van der Waals surface area contributed by atoms with Crippen molar-refractivity contribution in [1.82, 2.24) is 0 Å². The number of cyclic esters (lactones) is 1. The lowest BCUT2D eigenvalue weighted by atomic mass is 9.67. The summed E-state index contributed by atoms with van der Waals surface area (Å²) in [7, 11) is 0. The van der Waals surface area contributed by atoms with Gasteiger partial charge in [0.25, 0.3) is 0 Å². The molecule has 1 fully saturated rings. The first kappa shape index (κ1) is 38.3. The van der Waals surface area contributed by atoms with Gasteiger partial charge in [0.15, 0.2) is 4.75 Å². The molecular formula is C21H25F13O7S. The van der Waals surface area contributed by atoms with E-state index in [1.54, 1.807) is 6.92 Å². The smallest absolute Gasteiger partial charge is 0.460 e. The van der Waals surface area contributed by atoms with Gasteiger partial charge in [0.1, 0.15) is 0 Å². The van der Waals surface area contributed by atoms with Crippen LogP contribution in [0.1, 0.15) is 58.8 Å². The summed E-state index contributed by atoms with van der Waals surface area (Å²) in [5.74, 6) is -40.0. The highest BCUT2D eigenvalue weighted by Gasteiger charge is 2.90. The Kier molecular flexibility index (Phi) is 11.9. The fraction of sp³-hybridized carbons (Fsp3) is 0.905. The second-order valence-electron chi connectivity index (χ2n) is 9.37. The zero-order chi connectivity index (χ0) is 33.1. The normalized spacial score (nSPS) is 23.1. The van der Waals surface area contributed by atoms with Crippen LogP contribution in [0.15, 0.2) is 0 Å². The molecule has 1 saturated heterocycles. The standard InChI is InChI=1S/C21H25F13O7S/c1-3-5-7-14(4-2)11-39-12(35)10-15(14,42-41-40-37)13(36)38-9-6-8-16(22,23)17(24,25)18(26,27)19(28,29)20(30,31)21(32,33)34/h37H,3-11H2,1-2H3. The maximum absolute atomic E-state index is 14.0. The molecule has 1 rings (SSSR count). The molecule has 0 aromatic heterocycles. The molecule has 0 radical (unpaired) electrons. The highest BCUT2D eigenvalue weighted by atomic mass is 32.2. The van der Waals surface area contributed by atoms with Gasteiger partial charge in [-0.05, 0) is 19.3 Å². The average Bonchev–Trinajstić information content (AvgIpc) is 2.88. The Labute approximate surface area is 233 Å². The van der Waals surface area contributed by atoms with Crippen molar-refractivity contribution < 1.29 is 90.8 Å². The number of alkyl halides is 13. The third-order valence-electron chi connectivity index (χ3n) is 6.85. The van der Waals surface area contributed by atoms with Crippen molar-refractivity contribution in [3.05, 3.63) is 0 Å². The average molecular weight is 668 g/mol. The molecule has 1 aliphatic heterocycles. The summed E-state index contributed by atoms with van der Waals surface area (Å²) in [5.41, 5.74) is -1.31. The number of carbonyl (C=O) groups is 2. The van der Waals surface area contributed by atoms with Gasteiger partial charge in [-0.25, -0.2) is 5.26 Å². The molecule has 0 aliphatic carbocycles. The molecule has 1 N–H and O–H groups in total. The van der Waals surface area contributed by atoms with Gasteiger partial charge in [-0.2, -0.15) is 57.1 Å². The van der Waals surface area contributed by atoms with E-state index < -0.39 is 90.4 Å². The number of esters is 2. The molecule has 21 heteroatoms. The second-order valence-corrected chi connectivity index (χ2v) is 10.4. The summed E-state index contributed by atoms with van der Waals surface area (Å²) in [6, 6.07) is 0.